The van der Waals surface area contributed by atoms with Crippen molar-refractivity contribution in [3.05, 3.63) is 57.8 Å². The maximum atomic E-state index is 12.7. The second-order valence-electron chi connectivity index (χ2n) is 6.84. The summed E-state index contributed by atoms with van der Waals surface area (Å²) in [5, 5.41) is 4.58. The fraction of sp³-hybridized carbons (Fsp3) is 0.381. The molecule has 3 amide bonds. The zero-order valence-electron chi connectivity index (χ0n) is 16.2. The number of rotatable bonds is 5. The van der Waals surface area contributed by atoms with E-state index in [2.05, 4.69) is 12.2 Å². The zero-order chi connectivity index (χ0) is 20.1. The molecule has 0 bridgehead atoms. The highest BCUT2D eigenvalue weighted by molar-refractivity contribution is 7.12. The van der Waals surface area contributed by atoms with Crippen LogP contribution in [0.4, 0.5) is 0 Å². The molecule has 0 saturated carbocycles. The first-order valence-corrected chi connectivity index (χ1v) is 10.4. The third-order valence-electron chi connectivity index (χ3n) is 4.95. The lowest BCUT2D eigenvalue weighted by Crippen LogP contribution is -2.55. The first-order chi connectivity index (χ1) is 13.5. The first kappa shape index (κ1) is 20.1. The van der Waals surface area contributed by atoms with Gasteiger partial charge in [0, 0.05) is 31.7 Å². The van der Waals surface area contributed by atoms with Crippen molar-refractivity contribution in [1.82, 2.24) is 15.1 Å². The quantitative estimate of drug-likeness (QED) is 0.839. The number of hydrogen-bond acceptors (Lipinski definition) is 4. The lowest BCUT2D eigenvalue weighted by Gasteiger charge is -2.36. The summed E-state index contributed by atoms with van der Waals surface area (Å²) in [6, 6.07) is 10.6. The number of nitrogens with zero attached hydrogens (tertiary/aromatic N) is 2. The molecule has 28 heavy (non-hydrogen) atoms. The van der Waals surface area contributed by atoms with E-state index in [0.29, 0.717) is 36.6 Å². The van der Waals surface area contributed by atoms with Crippen LogP contribution in [-0.4, -0.2) is 59.7 Å². The predicted molar refractivity (Wildman–Crippen MR) is 110 cm³/mol. The van der Waals surface area contributed by atoms with Crippen molar-refractivity contribution in [2.24, 2.45) is 0 Å². The number of nitrogens with one attached hydrogen (secondary N) is 1. The molecule has 0 spiro atoms. The topological polar surface area (TPSA) is 69.7 Å². The summed E-state index contributed by atoms with van der Waals surface area (Å²) in [6.45, 7) is 5.70. The molecule has 1 aliphatic heterocycles. The monoisotopic (exact) mass is 399 g/mol. The Morgan fingerprint density at radius 3 is 2.25 bits per heavy atom. The Bertz CT molecular complexity index is 825. The number of thiophene rings is 1. The summed E-state index contributed by atoms with van der Waals surface area (Å²) in [7, 11) is 0. The van der Waals surface area contributed by atoms with Gasteiger partial charge < -0.3 is 15.1 Å². The zero-order valence-corrected chi connectivity index (χ0v) is 17.0. The summed E-state index contributed by atoms with van der Waals surface area (Å²) in [4.78, 5) is 41.5. The average Bonchev–Trinajstić information content (AvgIpc) is 3.28. The molecule has 0 unspecified atom stereocenters. The normalized spacial score (nSPS) is 15.2. The van der Waals surface area contributed by atoms with Gasteiger partial charge in [-0.1, -0.05) is 25.1 Å². The molecule has 1 fully saturated rings. The Morgan fingerprint density at radius 1 is 1.04 bits per heavy atom. The molecule has 6 nitrogen and oxygen atoms in total. The fourth-order valence-corrected chi connectivity index (χ4v) is 3.83. The Labute approximate surface area is 169 Å². The highest BCUT2D eigenvalue weighted by Gasteiger charge is 2.28. The van der Waals surface area contributed by atoms with Crippen LogP contribution in [0.1, 0.15) is 39.4 Å². The van der Waals surface area contributed by atoms with E-state index < -0.39 is 6.04 Å². The summed E-state index contributed by atoms with van der Waals surface area (Å²) in [5.74, 6) is -0.363. The second-order valence-corrected chi connectivity index (χ2v) is 7.79. The van der Waals surface area contributed by atoms with Gasteiger partial charge in [-0.3, -0.25) is 14.4 Å². The van der Waals surface area contributed by atoms with Gasteiger partial charge in [0.2, 0.25) is 5.91 Å². The number of hydrogen-bond donors (Lipinski definition) is 1. The van der Waals surface area contributed by atoms with Crippen LogP contribution in [0.25, 0.3) is 0 Å². The number of carbonyl (C=O) groups is 3. The predicted octanol–water partition coefficient (Wildman–Crippen LogP) is 2.41. The van der Waals surface area contributed by atoms with Crippen LogP contribution in [0.2, 0.25) is 0 Å². The SMILES string of the molecule is CCc1ccc(C(=O)N2CCN(C(=O)[C@@H](C)NC(=O)c3cccs3)CC2)cc1. The van der Waals surface area contributed by atoms with E-state index in [0.717, 1.165) is 6.42 Å². The Kier molecular flexibility index (Phi) is 6.46. The fourth-order valence-electron chi connectivity index (χ4n) is 3.21. The minimum absolute atomic E-state index is 0.00574. The smallest absolute Gasteiger partial charge is 0.261 e. The minimum Gasteiger partial charge on any atom is -0.340 e. The summed E-state index contributed by atoms with van der Waals surface area (Å²) < 4.78 is 0. The molecule has 1 N–H and O–H groups in total. The molecule has 0 aliphatic carbocycles. The first-order valence-electron chi connectivity index (χ1n) is 9.51. The molecule has 1 saturated heterocycles. The third kappa shape index (κ3) is 4.59. The van der Waals surface area contributed by atoms with Gasteiger partial charge in [-0.25, -0.2) is 0 Å². The molecule has 148 valence electrons. The van der Waals surface area contributed by atoms with Crippen LogP contribution in [0, 0.1) is 0 Å². The van der Waals surface area contributed by atoms with Crippen molar-refractivity contribution in [2.75, 3.05) is 26.2 Å². The van der Waals surface area contributed by atoms with Gasteiger partial charge in [0.15, 0.2) is 0 Å². The molecule has 1 aliphatic rings. The molecule has 1 aromatic heterocycles. The van der Waals surface area contributed by atoms with Gasteiger partial charge in [-0.2, -0.15) is 0 Å². The van der Waals surface area contributed by atoms with Crippen LogP contribution >= 0.6 is 11.3 Å². The third-order valence-corrected chi connectivity index (χ3v) is 5.82. The molecular formula is C21H25N3O3S. The highest BCUT2D eigenvalue weighted by Crippen LogP contribution is 2.12. The van der Waals surface area contributed by atoms with E-state index in [9.17, 15) is 14.4 Å². The molecule has 3 rings (SSSR count). The molecule has 2 heterocycles. The van der Waals surface area contributed by atoms with Crippen LogP contribution in [-0.2, 0) is 11.2 Å². The van der Waals surface area contributed by atoms with E-state index in [1.807, 2.05) is 29.6 Å². The number of piperazine rings is 1. The van der Waals surface area contributed by atoms with Crippen molar-refractivity contribution in [3.8, 4) is 0 Å². The van der Waals surface area contributed by atoms with Crippen molar-refractivity contribution in [2.45, 2.75) is 26.3 Å². The van der Waals surface area contributed by atoms with E-state index in [4.69, 9.17) is 0 Å². The summed E-state index contributed by atoms with van der Waals surface area (Å²) in [6.07, 6.45) is 0.941. The van der Waals surface area contributed by atoms with Crippen molar-refractivity contribution in [3.63, 3.8) is 0 Å². The largest absolute Gasteiger partial charge is 0.340 e. The Balaban J connectivity index is 1.51. The van der Waals surface area contributed by atoms with E-state index >= 15 is 0 Å². The van der Waals surface area contributed by atoms with Gasteiger partial charge >= 0.3 is 0 Å². The van der Waals surface area contributed by atoms with Crippen molar-refractivity contribution < 1.29 is 14.4 Å². The number of benzene rings is 1. The maximum Gasteiger partial charge on any atom is 0.261 e. The Morgan fingerprint density at radius 2 is 1.68 bits per heavy atom. The lowest BCUT2D eigenvalue weighted by atomic mass is 10.1. The molecule has 7 heteroatoms. The number of amides is 3. The second kappa shape index (κ2) is 9.01. The van der Waals surface area contributed by atoms with Crippen LogP contribution in [0.15, 0.2) is 41.8 Å². The molecule has 1 aromatic carbocycles. The maximum absolute atomic E-state index is 12.7. The van der Waals surface area contributed by atoms with Crippen LogP contribution < -0.4 is 5.32 Å². The molecule has 0 radical (unpaired) electrons. The molecular weight excluding hydrogens is 374 g/mol. The number of aryl methyl sites for hydroxylation is 1. The van der Waals surface area contributed by atoms with Crippen molar-refractivity contribution >= 4 is 29.1 Å². The van der Waals surface area contributed by atoms with E-state index in [1.165, 1.54) is 16.9 Å². The average molecular weight is 400 g/mol. The van der Waals surface area contributed by atoms with Gasteiger partial charge in [0.25, 0.3) is 11.8 Å². The van der Waals surface area contributed by atoms with Crippen LogP contribution in [0.5, 0.6) is 0 Å². The standard InChI is InChI=1S/C21H25N3O3S/c1-3-16-6-8-17(9-7-16)21(27)24-12-10-23(11-13-24)20(26)15(2)22-19(25)18-5-4-14-28-18/h4-9,14-15H,3,10-13H2,1-2H3,(H,22,25)/t15-/m1/s1. The Hall–Kier alpha value is -2.67. The van der Waals surface area contributed by atoms with Crippen molar-refractivity contribution in [1.29, 1.82) is 0 Å². The molecule has 2 aromatic rings. The number of carbonyl (C=O) groups excluding carboxylic acids is 3. The summed E-state index contributed by atoms with van der Waals surface area (Å²) >= 11 is 1.34. The lowest BCUT2D eigenvalue weighted by molar-refractivity contribution is -0.134. The van der Waals surface area contributed by atoms with Gasteiger partial charge in [0.1, 0.15) is 6.04 Å². The van der Waals surface area contributed by atoms with E-state index in [1.54, 1.807) is 28.9 Å². The van der Waals surface area contributed by atoms with Gasteiger partial charge in [0.05, 0.1) is 4.88 Å². The van der Waals surface area contributed by atoms with Gasteiger partial charge in [-0.05, 0) is 42.5 Å². The molecule has 1 atom stereocenters. The van der Waals surface area contributed by atoms with E-state index in [-0.39, 0.29) is 17.7 Å². The van der Waals surface area contributed by atoms with Crippen LogP contribution in [0.3, 0.4) is 0 Å². The summed E-state index contributed by atoms with van der Waals surface area (Å²) in [5.41, 5.74) is 1.87. The minimum atomic E-state index is -0.599. The van der Waals surface area contributed by atoms with Gasteiger partial charge in [-0.15, -0.1) is 11.3 Å². The highest BCUT2D eigenvalue weighted by atomic mass is 32.1.